The Bertz CT molecular complexity index is 2840. The molecule has 0 N–H and O–H groups in total. The van der Waals surface area contributed by atoms with E-state index < -0.39 is 85.1 Å². The molecule has 0 aromatic heterocycles. The van der Waals surface area contributed by atoms with Crippen LogP contribution in [0.5, 0.6) is 0 Å². The van der Waals surface area contributed by atoms with Gasteiger partial charge in [0.2, 0.25) is 0 Å². The van der Waals surface area contributed by atoms with Crippen molar-refractivity contribution in [3.63, 3.8) is 0 Å². The lowest BCUT2D eigenvalue weighted by atomic mass is 10.4. The molecule has 0 saturated heterocycles. The largest absolute Gasteiger partial charge is 0.437 e. The van der Waals surface area contributed by atoms with Gasteiger partial charge in [-0.2, -0.15) is 0 Å². The van der Waals surface area contributed by atoms with Crippen molar-refractivity contribution in [3.05, 3.63) is 243 Å². The van der Waals surface area contributed by atoms with E-state index in [1.807, 2.05) is 48.5 Å². The molecule has 9 nitrogen and oxygen atoms in total. The van der Waals surface area contributed by atoms with E-state index in [2.05, 4.69) is 286 Å². The van der Waals surface area contributed by atoms with Gasteiger partial charge in [-0.05, 0) is 133 Å². The van der Waals surface area contributed by atoms with Crippen LogP contribution in [0.3, 0.4) is 0 Å². The first-order valence-corrected chi connectivity index (χ1v) is 53.3. The average Bonchev–Trinajstić information content (AvgIpc) is 3.59. The van der Waals surface area contributed by atoms with E-state index in [1.54, 1.807) is 0 Å². The Hall–Kier alpha value is -4.43. The molecule has 0 unspecified atom stereocenters. The zero-order valence-electron chi connectivity index (χ0n) is 49.8. The zero-order valence-corrected chi connectivity index (χ0v) is 59.8. The average molecular weight is 1250 g/mol. The van der Waals surface area contributed by atoms with Gasteiger partial charge < -0.3 is 37.0 Å². The second-order valence-corrected chi connectivity index (χ2v) is 60.7. The van der Waals surface area contributed by atoms with Gasteiger partial charge in [0.15, 0.2) is 16.6 Å². The summed E-state index contributed by atoms with van der Waals surface area (Å²) in [7, 11) is -33.4. The molecular formula is C62H82O9Si10. The molecule has 0 fully saturated rings. The quantitative estimate of drug-likeness (QED) is 0.0493. The van der Waals surface area contributed by atoms with Crippen LogP contribution in [0.4, 0.5) is 0 Å². The van der Waals surface area contributed by atoms with Gasteiger partial charge in [-0.15, -0.1) is 0 Å². The van der Waals surface area contributed by atoms with Crippen molar-refractivity contribution < 1.29 is 37.0 Å². The van der Waals surface area contributed by atoms with Crippen molar-refractivity contribution >= 4 is 127 Å². The maximum Gasteiger partial charge on any atom is 0.390 e. The Balaban J connectivity index is 1.52. The van der Waals surface area contributed by atoms with Gasteiger partial charge in [-0.1, -0.05) is 243 Å². The second kappa shape index (κ2) is 25.4. The van der Waals surface area contributed by atoms with E-state index in [0.717, 1.165) is 41.5 Å². The Labute approximate surface area is 494 Å². The normalized spacial score (nSPS) is 13.5. The molecule has 0 spiro atoms. The van der Waals surface area contributed by atoms with Gasteiger partial charge in [0.05, 0.1) is 0 Å². The zero-order chi connectivity index (χ0) is 58.3. The number of rotatable bonds is 26. The minimum absolute atomic E-state index is 0.870. The van der Waals surface area contributed by atoms with Gasteiger partial charge >= 0.3 is 68.5 Å². The lowest BCUT2D eigenvalue weighted by molar-refractivity contribution is 0.276. The van der Waals surface area contributed by atoms with Crippen LogP contribution in [0.25, 0.3) is 0 Å². The molecule has 0 heterocycles. The van der Waals surface area contributed by atoms with Crippen LogP contribution in [0.1, 0.15) is 0 Å². The Kier molecular flexibility index (Phi) is 19.6. The smallest absolute Gasteiger partial charge is 0.390 e. The highest BCUT2D eigenvalue weighted by Crippen LogP contribution is 2.33. The maximum atomic E-state index is 9.00. The van der Waals surface area contributed by atoms with Gasteiger partial charge in [0.25, 0.3) is 0 Å². The maximum absolute atomic E-state index is 9.00. The summed E-state index contributed by atoms with van der Waals surface area (Å²) in [5.41, 5.74) is 0. The number of hydrogen-bond donors (Lipinski definition) is 0. The van der Waals surface area contributed by atoms with Crippen LogP contribution < -0.4 is 41.5 Å². The Morgan fingerprint density at radius 1 is 0.160 bits per heavy atom. The third-order valence-electron chi connectivity index (χ3n) is 13.0. The highest BCUT2D eigenvalue weighted by Gasteiger charge is 2.65. The number of hydrogen-bond acceptors (Lipinski definition) is 9. The summed E-state index contributed by atoms with van der Waals surface area (Å²) in [6.07, 6.45) is 0. The molecule has 8 aromatic carbocycles. The topological polar surface area (TPSA) is 83.1 Å². The van der Waals surface area contributed by atoms with Gasteiger partial charge in [0.1, 0.15) is 0 Å². The van der Waals surface area contributed by atoms with Gasteiger partial charge in [-0.3, -0.25) is 0 Å². The van der Waals surface area contributed by atoms with E-state index in [4.69, 9.17) is 37.0 Å². The SMILES string of the molecule is C[Si](C)(C)O[Si](C)(C)O[Si](C)(C)O[Si](O[Si](O[Si](O[Si](O[Si](C)(C)O[Si](C)(C)O[Si](C)(C)C)(c1ccccc1)c1ccccc1)(c1ccccc1)c1ccccc1)(c1ccccc1)c1ccccc1)(c1ccccc1)c1ccccc1. The molecule has 0 aliphatic heterocycles. The summed E-state index contributed by atoms with van der Waals surface area (Å²) in [6.45, 7) is 30.4. The summed E-state index contributed by atoms with van der Waals surface area (Å²) in [6, 6.07) is 84.1. The molecule has 81 heavy (non-hydrogen) atoms. The van der Waals surface area contributed by atoms with Crippen molar-refractivity contribution in [1.82, 2.24) is 0 Å². The molecule has 0 aliphatic carbocycles. The fourth-order valence-electron chi connectivity index (χ4n) is 11.0. The third-order valence-corrected chi connectivity index (χ3v) is 51.5. The van der Waals surface area contributed by atoms with Crippen LogP contribution in [0.2, 0.25) is 91.7 Å². The van der Waals surface area contributed by atoms with E-state index >= 15 is 0 Å². The molecule has 0 atom stereocenters. The first-order valence-electron chi connectivity index (χ1n) is 28.0. The van der Waals surface area contributed by atoms with Crippen molar-refractivity contribution in [2.24, 2.45) is 0 Å². The summed E-state index contributed by atoms with van der Waals surface area (Å²) >= 11 is 0. The Morgan fingerprint density at radius 2 is 0.296 bits per heavy atom. The molecule has 8 aromatic rings. The molecule has 424 valence electrons. The molecule has 8 rings (SSSR count). The molecule has 0 bridgehead atoms. The minimum Gasteiger partial charge on any atom is -0.437 e. The lowest BCUT2D eigenvalue weighted by Crippen LogP contribution is -2.84. The first-order chi connectivity index (χ1) is 38.2. The lowest BCUT2D eigenvalue weighted by Gasteiger charge is -2.50. The van der Waals surface area contributed by atoms with Gasteiger partial charge in [-0.25, -0.2) is 0 Å². The third kappa shape index (κ3) is 15.7. The van der Waals surface area contributed by atoms with E-state index in [1.165, 1.54) is 0 Å². The van der Waals surface area contributed by atoms with Crippen LogP contribution in [0, 0.1) is 0 Å². The van der Waals surface area contributed by atoms with Crippen LogP contribution in [-0.4, -0.2) is 85.1 Å². The summed E-state index contributed by atoms with van der Waals surface area (Å²) < 4.78 is 71.6. The summed E-state index contributed by atoms with van der Waals surface area (Å²) in [4.78, 5) is 0. The van der Waals surface area contributed by atoms with Crippen molar-refractivity contribution in [2.45, 2.75) is 91.7 Å². The van der Waals surface area contributed by atoms with E-state index in [0.29, 0.717) is 0 Å². The van der Waals surface area contributed by atoms with Gasteiger partial charge in [0, 0.05) is 0 Å². The van der Waals surface area contributed by atoms with Crippen molar-refractivity contribution in [1.29, 1.82) is 0 Å². The molecule has 0 aliphatic rings. The highest BCUT2D eigenvalue weighted by molar-refractivity contribution is 7.13. The monoisotopic (exact) mass is 1250 g/mol. The molecule has 0 radical (unpaired) electrons. The fourth-order valence-corrected chi connectivity index (χ4v) is 60.9. The van der Waals surface area contributed by atoms with Crippen LogP contribution in [-0.2, 0) is 37.0 Å². The molecule has 0 amide bonds. The van der Waals surface area contributed by atoms with Crippen molar-refractivity contribution in [2.75, 3.05) is 0 Å². The fraction of sp³-hybridized carbons (Fsp3) is 0.226. The second-order valence-electron chi connectivity index (χ2n) is 24.1. The van der Waals surface area contributed by atoms with Crippen molar-refractivity contribution in [3.8, 4) is 0 Å². The summed E-state index contributed by atoms with van der Waals surface area (Å²) in [5, 5.41) is 7.11. The van der Waals surface area contributed by atoms with E-state index in [-0.39, 0.29) is 0 Å². The standard InChI is InChI=1S/C62H82O9Si10/c1-72(2,3)63-74(7,8)65-76(11,12)67-78(55-39-23-15-24-40-55,56-41-25-16-26-42-56)69-80(59-47-31-19-32-48-59,60-49-33-20-34-50-60)71-81(61-51-35-21-36-52-61,62-53-37-22-38-54-62)70-79(57-43-27-17-28-44-57,58-45-29-18-30-46-58)68-77(13,14)66-75(9,10)64-73(4,5)6/h15-54H,1-14H3. The van der Waals surface area contributed by atoms with E-state index in [9.17, 15) is 0 Å². The van der Waals surface area contributed by atoms with Crippen LogP contribution >= 0.6 is 0 Å². The van der Waals surface area contributed by atoms with Crippen LogP contribution in [0.15, 0.2) is 243 Å². The first kappa shape index (κ1) is 62.6. The predicted octanol–water partition coefficient (Wildman–Crippen LogP) is 10.6. The highest BCUT2D eigenvalue weighted by atomic mass is 28.5. The molecule has 0 saturated carbocycles. The Morgan fingerprint density at radius 3 is 0.444 bits per heavy atom. The number of benzene rings is 8. The molecule has 19 heteroatoms. The predicted molar refractivity (Wildman–Crippen MR) is 358 cm³/mol. The summed E-state index contributed by atoms with van der Waals surface area (Å²) in [5.74, 6) is 0. The molecular weight excluding hydrogens is 1170 g/mol. The minimum atomic E-state index is -4.41.